The molecule has 0 bridgehead atoms. The van der Waals surface area contributed by atoms with E-state index in [1.165, 1.54) is 13.2 Å². The highest BCUT2D eigenvalue weighted by atomic mass is 32.2. The van der Waals surface area contributed by atoms with Crippen LogP contribution in [0.25, 0.3) is 0 Å². The Morgan fingerprint density at radius 2 is 2.00 bits per heavy atom. The summed E-state index contributed by atoms with van der Waals surface area (Å²) in [6.45, 7) is 3.24. The van der Waals surface area contributed by atoms with Crippen LogP contribution in [-0.4, -0.2) is 15.5 Å². The van der Waals surface area contributed by atoms with Crippen molar-refractivity contribution in [2.45, 2.75) is 4.90 Å². The number of rotatable bonds is 3. The van der Waals surface area contributed by atoms with Gasteiger partial charge in [-0.1, -0.05) is 18.7 Å². The molecule has 0 heterocycles. The van der Waals surface area contributed by atoms with Crippen LogP contribution in [-0.2, 0) is 9.84 Å². The number of para-hydroxylation sites is 1. The van der Waals surface area contributed by atoms with Gasteiger partial charge in [0.05, 0.1) is 7.11 Å². The molecule has 0 aliphatic heterocycles. The summed E-state index contributed by atoms with van der Waals surface area (Å²) in [4.78, 5) is 0.146. The lowest BCUT2D eigenvalue weighted by Crippen LogP contribution is -1.98. The molecule has 70 valence electrons. The molecule has 0 saturated heterocycles. The minimum atomic E-state index is -3.40. The molecule has 1 aromatic rings. The standard InChI is InChI=1S/C9H10O3S/c1-3-13(10,11)9-7-5-4-6-8(9)12-2/h3-7H,1H2,2H3. The molecular weight excluding hydrogens is 188 g/mol. The molecule has 0 radical (unpaired) electrons. The molecule has 0 unspecified atom stereocenters. The van der Waals surface area contributed by atoms with E-state index in [4.69, 9.17) is 4.74 Å². The van der Waals surface area contributed by atoms with Crippen molar-refractivity contribution in [3.63, 3.8) is 0 Å². The molecule has 3 nitrogen and oxygen atoms in total. The number of methoxy groups -OCH3 is 1. The van der Waals surface area contributed by atoms with Crippen molar-refractivity contribution in [3.8, 4) is 5.75 Å². The Labute approximate surface area is 77.6 Å². The molecule has 4 heteroatoms. The minimum absolute atomic E-state index is 0.146. The normalized spacial score (nSPS) is 10.8. The van der Waals surface area contributed by atoms with Crippen LogP contribution < -0.4 is 4.74 Å². The van der Waals surface area contributed by atoms with Crippen molar-refractivity contribution in [3.05, 3.63) is 36.3 Å². The molecule has 0 aliphatic rings. The maximum absolute atomic E-state index is 11.4. The van der Waals surface area contributed by atoms with Crippen molar-refractivity contribution in [1.29, 1.82) is 0 Å². The topological polar surface area (TPSA) is 43.4 Å². The maximum Gasteiger partial charge on any atom is 0.202 e. The lowest BCUT2D eigenvalue weighted by atomic mass is 10.3. The van der Waals surface area contributed by atoms with Gasteiger partial charge in [-0.15, -0.1) is 0 Å². The molecular formula is C9H10O3S. The Morgan fingerprint density at radius 3 is 2.54 bits per heavy atom. The van der Waals surface area contributed by atoms with Gasteiger partial charge in [-0.2, -0.15) is 0 Å². The first-order valence-electron chi connectivity index (χ1n) is 3.62. The monoisotopic (exact) mass is 198 g/mol. The van der Waals surface area contributed by atoms with Crippen LogP contribution in [0, 0.1) is 0 Å². The van der Waals surface area contributed by atoms with Gasteiger partial charge < -0.3 is 4.74 Å². The Morgan fingerprint density at radius 1 is 1.38 bits per heavy atom. The average Bonchev–Trinajstić information content (AvgIpc) is 2.18. The largest absolute Gasteiger partial charge is 0.495 e. The fraction of sp³-hybridized carbons (Fsp3) is 0.111. The lowest BCUT2D eigenvalue weighted by Gasteiger charge is -2.05. The third-order valence-corrected chi connectivity index (χ3v) is 2.98. The molecule has 0 fully saturated rings. The third kappa shape index (κ3) is 1.89. The summed E-state index contributed by atoms with van der Waals surface area (Å²) in [7, 11) is -1.97. The molecule has 0 spiro atoms. The van der Waals surface area contributed by atoms with E-state index in [0.717, 1.165) is 5.41 Å². The Balaban J connectivity index is 3.37. The second-order valence-electron chi connectivity index (χ2n) is 2.36. The first-order valence-corrected chi connectivity index (χ1v) is 5.17. The van der Waals surface area contributed by atoms with Crippen molar-refractivity contribution < 1.29 is 13.2 Å². The fourth-order valence-corrected chi connectivity index (χ4v) is 1.82. The zero-order valence-electron chi connectivity index (χ0n) is 7.23. The highest BCUT2D eigenvalue weighted by Crippen LogP contribution is 2.23. The summed E-state index contributed by atoms with van der Waals surface area (Å²) in [5, 5.41) is 0.908. The van der Waals surface area contributed by atoms with E-state index in [0.29, 0.717) is 5.75 Å². The highest BCUT2D eigenvalue weighted by Gasteiger charge is 2.14. The first-order chi connectivity index (χ1) is 6.11. The van der Waals surface area contributed by atoms with E-state index >= 15 is 0 Å². The minimum Gasteiger partial charge on any atom is -0.495 e. The van der Waals surface area contributed by atoms with Crippen molar-refractivity contribution in [2.24, 2.45) is 0 Å². The van der Waals surface area contributed by atoms with E-state index in [1.807, 2.05) is 0 Å². The predicted octanol–water partition coefficient (Wildman–Crippen LogP) is 1.61. The quantitative estimate of drug-likeness (QED) is 0.741. The molecule has 0 aromatic heterocycles. The molecule has 0 amide bonds. The second kappa shape index (κ2) is 3.62. The first kappa shape index (κ1) is 9.80. The van der Waals surface area contributed by atoms with Crippen LogP contribution in [0.2, 0.25) is 0 Å². The van der Waals surface area contributed by atoms with Gasteiger partial charge in [0, 0.05) is 5.41 Å². The summed E-state index contributed by atoms with van der Waals surface area (Å²) < 4.78 is 27.7. The van der Waals surface area contributed by atoms with Gasteiger partial charge in [0.25, 0.3) is 0 Å². The zero-order chi connectivity index (χ0) is 9.90. The Hall–Kier alpha value is -1.29. The molecule has 0 N–H and O–H groups in total. The summed E-state index contributed by atoms with van der Waals surface area (Å²) >= 11 is 0. The van der Waals surface area contributed by atoms with E-state index in [1.54, 1.807) is 18.2 Å². The fourth-order valence-electron chi connectivity index (χ4n) is 0.944. The average molecular weight is 198 g/mol. The van der Waals surface area contributed by atoms with Crippen molar-refractivity contribution in [1.82, 2.24) is 0 Å². The van der Waals surface area contributed by atoms with Crippen LogP contribution in [0.5, 0.6) is 5.75 Å². The smallest absolute Gasteiger partial charge is 0.202 e. The summed E-state index contributed by atoms with van der Waals surface area (Å²) in [5.41, 5.74) is 0. The van der Waals surface area contributed by atoms with Gasteiger partial charge in [0.15, 0.2) is 0 Å². The zero-order valence-corrected chi connectivity index (χ0v) is 8.04. The van der Waals surface area contributed by atoms with Crippen LogP contribution in [0.1, 0.15) is 0 Å². The maximum atomic E-state index is 11.4. The van der Waals surface area contributed by atoms with Crippen molar-refractivity contribution in [2.75, 3.05) is 7.11 Å². The SMILES string of the molecule is C=CS(=O)(=O)c1ccccc1OC. The summed E-state index contributed by atoms with van der Waals surface area (Å²) in [6, 6.07) is 6.42. The van der Waals surface area contributed by atoms with E-state index < -0.39 is 9.84 Å². The van der Waals surface area contributed by atoms with Crippen LogP contribution >= 0.6 is 0 Å². The molecule has 1 aromatic carbocycles. The second-order valence-corrected chi connectivity index (χ2v) is 4.23. The highest BCUT2D eigenvalue weighted by molar-refractivity contribution is 7.94. The van der Waals surface area contributed by atoms with Crippen molar-refractivity contribution >= 4 is 9.84 Å². The number of sulfone groups is 1. The number of benzene rings is 1. The van der Waals surface area contributed by atoms with Gasteiger partial charge in [0.1, 0.15) is 10.6 Å². The number of hydrogen-bond acceptors (Lipinski definition) is 3. The summed E-state index contributed by atoms with van der Waals surface area (Å²) in [6.07, 6.45) is 0. The summed E-state index contributed by atoms with van der Waals surface area (Å²) in [5.74, 6) is 0.336. The molecule has 0 atom stereocenters. The van der Waals surface area contributed by atoms with Gasteiger partial charge in [0.2, 0.25) is 9.84 Å². The van der Waals surface area contributed by atoms with Crippen LogP contribution in [0.15, 0.2) is 41.1 Å². The van der Waals surface area contributed by atoms with Gasteiger partial charge in [-0.3, -0.25) is 0 Å². The van der Waals surface area contributed by atoms with E-state index in [9.17, 15) is 8.42 Å². The van der Waals surface area contributed by atoms with E-state index in [2.05, 4.69) is 6.58 Å². The third-order valence-electron chi connectivity index (χ3n) is 1.60. The van der Waals surface area contributed by atoms with Gasteiger partial charge >= 0.3 is 0 Å². The van der Waals surface area contributed by atoms with Crippen LogP contribution in [0.3, 0.4) is 0 Å². The number of hydrogen-bond donors (Lipinski definition) is 0. The molecule has 13 heavy (non-hydrogen) atoms. The molecule has 0 saturated carbocycles. The van der Waals surface area contributed by atoms with E-state index in [-0.39, 0.29) is 4.90 Å². The number of ether oxygens (including phenoxy) is 1. The van der Waals surface area contributed by atoms with Crippen LogP contribution in [0.4, 0.5) is 0 Å². The molecule has 1 rings (SSSR count). The Kier molecular flexibility index (Phi) is 2.72. The predicted molar refractivity (Wildman–Crippen MR) is 50.4 cm³/mol. The molecule has 0 aliphatic carbocycles. The Bertz CT molecular complexity index is 407. The van der Waals surface area contributed by atoms with Gasteiger partial charge in [-0.05, 0) is 12.1 Å². The lowest BCUT2D eigenvalue weighted by molar-refractivity contribution is 0.403. The van der Waals surface area contributed by atoms with Gasteiger partial charge in [-0.25, -0.2) is 8.42 Å².